The first-order valence-electron chi connectivity index (χ1n) is 4.28. The first kappa shape index (κ1) is 10.2. The summed E-state index contributed by atoms with van der Waals surface area (Å²) in [7, 11) is 0. The SMILES string of the molecule is Cc1cc(Cl)cc2cc(C#N)c(Cl)nc12. The fraction of sp³-hybridized carbons (Fsp3) is 0.0909. The second-order valence-electron chi connectivity index (χ2n) is 3.23. The predicted molar refractivity (Wildman–Crippen MR) is 61.2 cm³/mol. The highest BCUT2D eigenvalue weighted by Gasteiger charge is 2.07. The van der Waals surface area contributed by atoms with Crippen LogP contribution in [-0.4, -0.2) is 4.98 Å². The molecule has 0 aliphatic rings. The van der Waals surface area contributed by atoms with Crippen LogP contribution in [0.25, 0.3) is 10.9 Å². The molecule has 74 valence electrons. The van der Waals surface area contributed by atoms with E-state index in [0.29, 0.717) is 10.6 Å². The molecule has 0 spiro atoms. The fourth-order valence-electron chi connectivity index (χ4n) is 1.48. The second kappa shape index (κ2) is 3.69. The Kier molecular flexibility index (Phi) is 2.52. The van der Waals surface area contributed by atoms with Crippen molar-refractivity contribution in [3.05, 3.63) is 39.5 Å². The van der Waals surface area contributed by atoms with Crippen molar-refractivity contribution in [2.75, 3.05) is 0 Å². The summed E-state index contributed by atoms with van der Waals surface area (Å²) in [6.45, 7) is 1.91. The summed E-state index contributed by atoms with van der Waals surface area (Å²) < 4.78 is 0. The summed E-state index contributed by atoms with van der Waals surface area (Å²) in [5.74, 6) is 0. The van der Waals surface area contributed by atoms with Gasteiger partial charge >= 0.3 is 0 Å². The highest BCUT2D eigenvalue weighted by molar-refractivity contribution is 6.32. The van der Waals surface area contributed by atoms with Gasteiger partial charge in [-0.15, -0.1) is 0 Å². The Labute approximate surface area is 97.1 Å². The summed E-state index contributed by atoms with van der Waals surface area (Å²) in [6.07, 6.45) is 0. The van der Waals surface area contributed by atoms with E-state index < -0.39 is 0 Å². The third-order valence-corrected chi connectivity index (χ3v) is 2.65. The normalized spacial score (nSPS) is 10.3. The number of pyridine rings is 1. The third-order valence-electron chi connectivity index (χ3n) is 2.15. The molecular formula is C11H6Cl2N2. The lowest BCUT2D eigenvalue weighted by molar-refractivity contribution is 1.34. The molecule has 0 saturated carbocycles. The zero-order valence-electron chi connectivity index (χ0n) is 7.88. The minimum absolute atomic E-state index is 0.232. The van der Waals surface area contributed by atoms with Gasteiger partial charge in [-0.3, -0.25) is 0 Å². The number of hydrogen-bond acceptors (Lipinski definition) is 2. The van der Waals surface area contributed by atoms with Crippen molar-refractivity contribution in [1.29, 1.82) is 5.26 Å². The summed E-state index contributed by atoms with van der Waals surface area (Å²) in [6, 6.07) is 7.28. The molecule has 0 aliphatic heterocycles. The number of fused-ring (bicyclic) bond motifs is 1. The highest BCUT2D eigenvalue weighted by atomic mass is 35.5. The van der Waals surface area contributed by atoms with Crippen molar-refractivity contribution in [1.82, 2.24) is 4.98 Å². The standard InChI is InChI=1S/C11H6Cl2N2/c1-6-2-9(12)4-7-3-8(5-14)11(13)15-10(6)7/h2-4H,1H3. The van der Waals surface area contributed by atoms with Gasteiger partial charge in [-0.05, 0) is 30.7 Å². The number of nitrogens with zero attached hydrogens (tertiary/aromatic N) is 2. The monoisotopic (exact) mass is 236 g/mol. The molecule has 4 heteroatoms. The van der Waals surface area contributed by atoms with Gasteiger partial charge in [-0.25, -0.2) is 4.98 Å². The number of rotatable bonds is 0. The minimum Gasteiger partial charge on any atom is -0.234 e. The van der Waals surface area contributed by atoms with Crippen LogP contribution in [0, 0.1) is 18.3 Å². The van der Waals surface area contributed by atoms with Crippen molar-refractivity contribution in [2.45, 2.75) is 6.92 Å². The maximum absolute atomic E-state index is 8.81. The van der Waals surface area contributed by atoms with Crippen molar-refractivity contribution in [3.8, 4) is 6.07 Å². The number of benzene rings is 1. The van der Waals surface area contributed by atoms with E-state index in [2.05, 4.69) is 4.98 Å². The molecule has 0 atom stereocenters. The van der Waals surface area contributed by atoms with Gasteiger partial charge in [0.1, 0.15) is 11.2 Å². The van der Waals surface area contributed by atoms with Crippen LogP contribution >= 0.6 is 23.2 Å². The number of aromatic nitrogens is 1. The van der Waals surface area contributed by atoms with Crippen LogP contribution in [-0.2, 0) is 0 Å². The largest absolute Gasteiger partial charge is 0.234 e. The average molecular weight is 237 g/mol. The molecule has 1 aromatic carbocycles. The molecule has 2 nitrogen and oxygen atoms in total. The lowest BCUT2D eigenvalue weighted by atomic mass is 10.1. The smallest absolute Gasteiger partial charge is 0.147 e. The Morgan fingerprint density at radius 1 is 1.27 bits per heavy atom. The Morgan fingerprint density at radius 2 is 2.00 bits per heavy atom. The average Bonchev–Trinajstić information content (AvgIpc) is 2.18. The quantitative estimate of drug-likeness (QED) is 0.654. The maximum Gasteiger partial charge on any atom is 0.147 e. The van der Waals surface area contributed by atoms with Crippen molar-refractivity contribution < 1.29 is 0 Å². The molecule has 2 rings (SSSR count). The molecular weight excluding hydrogens is 231 g/mol. The van der Waals surface area contributed by atoms with Crippen LogP contribution in [0.2, 0.25) is 10.2 Å². The maximum atomic E-state index is 8.81. The van der Waals surface area contributed by atoms with Gasteiger partial charge in [0, 0.05) is 10.4 Å². The van der Waals surface area contributed by atoms with Crippen molar-refractivity contribution >= 4 is 34.1 Å². The van der Waals surface area contributed by atoms with E-state index in [-0.39, 0.29) is 5.15 Å². The zero-order chi connectivity index (χ0) is 11.0. The molecule has 0 unspecified atom stereocenters. The highest BCUT2D eigenvalue weighted by Crippen LogP contribution is 2.25. The summed E-state index contributed by atoms with van der Waals surface area (Å²) in [4.78, 5) is 4.17. The number of nitriles is 1. The van der Waals surface area contributed by atoms with E-state index in [1.807, 2.05) is 19.1 Å². The van der Waals surface area contributed by atoms with E-state index in [1.54, 1.807) is 12.1 Å². The molecule has 0 aliphatic carbocycles. The van der Waals surface area contributed by atoms with Gasteiger partial charge < -0.3 is 0 Å². The van der Waals surface area contributed by atoms with Gasteiger partial charge in [0.05, 0.1) is 11.1 Å². The topological polar surface area (TPSA) is 36.7 Å². The Morgan fingerprint density at radius 3 is 2.67 bits per heavy atom. The molecule has 0 saturated heterocycles. The second-order valence-corrected chi connectivity index (χ2v) is 4.03. The minimum atomic E-state index is 0.232. The van der Waals surface area contributed by atoms with Crippen molar-refractivity contribution in [2.24, 2.45) is 0 Å². The van der Waals surface area contributed by atoms with Gasteiger partial charge in [0.2, 0.25) is 0 Å². The van der Waals surface area contributed by atoms with Crippen LogP contribution < -0.4 is 0 Å². The predicted octanol–water partition coefficient (Wildman–Crippen LogP) is 3.72. The van der Waals surface area contributed by atoms with Crippen molar-refractivity contribution in [3.63, 3.8) is 0 Å². The molecule has 1 aromatic heterocycles. The Balaban J connectivity index is 2.89. The van der Waals surface area contributed by atoms with Crippen LogP contribution in [0.5, 0.6) is 0 Å². The number of aryl methyl sites for hydroxylation is 1. The molecule has 0 bridgehead atoms. The van der Waals surface area contributed by atoms with Gasteiger partial charge in [0.25, 0.3) is 0 Å². The van der Waals surface area contributed by atoms with E-state index in [1.165, 1.54) is 0 Å². The van der Waals surface area contributed by atoms with E-state index in [4.69, 9.17) is 28.5 Å². The van der Waals surface area contributed by atoms with E-state index in [0.717, 1.165) is 16.5 Å². The van der Waals surface area contributed by atoms with E-state index in [9.17, 15) is 0 Å². The first-order valence-corrected chi connectivity index (χ1v) is 5.04. The Bertz CT molecular complexity index is 585. The lowest BCUT2D eigenvalue weighted by Gasteiger charge is -2.03. The summed E-state index contributed by atoms with van der Waals surface area (Å²) in [5, 5.41) is 10.5. The zero-order valence-corrected chi connectivity index (χ0v) is 9.39. The summed E-state index contributed by atoms with van der Waals surface area (Å²) in [5.41, 5.74) is 2.10. The molecule has 1 heterocycles. The van der Waals surface area contributed by atoms with Gasteiger partial charge in [-0.1, -0.05) is 23.2 Å². The third kappa shape index (κ3) is 1.77. The molecule has 0 fully saturated rings. The first-order chi connectivity index (χ1) is 7.11. The number of halogens is 2. The van der Waals surface area contributed by atoms with Crippen LogP contribution in [0.1, 0.15) is 11.1 Å². The van der Waals surface area contributed by atoms with Crippen LogP contribution in [0.3, 0.4) is 0 Å². The van der Waals surface area contributed by atoms with Crippen LogP contribution in [0.4, 0.5) is 0 Å². The molecule has 0 radical (unpaired) electrons. The van der Waals surface area contributed by atoms with E-state index >= 15 is 0 Å². The fourth-order valence-corrected chi connectivity index (χ4v) is 1.94. The molecule has 0 amide bonds. The van der Waals surface area contributed by atoms with Gasteiger partial charge in [-0.2, -0.15) is 5.26 Å². The Hall–Kier alpha value is -1.30. The van der Waals surface area contributed by atoms with Crippen LogP contribution in [0.15, 0.2) is 18.2 Å². The molecule has 2 aromatic rings. The number of hydrogen-bond donors (Lipinski definition) is 0. The van der Waals surface area contributed by atoms with Gasteiger partial charge in [0.15, 0.2) is 0 Å². The lowest BCUT2D eigenvalue weighted by Crippen LogP contribution is -1.88. The molecule has 15 heavy (non-hydrogen) atoms. The summed E-state index contributed by atoms with van der Waals surface area (Å²) >= 11 is 11.8. The molecule has 0 N–H and O–H groups in total.